The highest BCUT2D eigenvalue weighted by Crippen LogP contribution is 2.47. The van der Waals surface area contributed by atoms with Gasteiger partial charge in [-0.3, -0.25) is 14.6 Å². The van der Waals surface area contributed by atoms with Gasteiger partial charge in [0, 0.05) is 36.1 Å². The lowest BCUT2D eigenvalue weighted by molar-refractivity contribution is -0.142. The molecule has 186 valence electrons. The number of hydrogen-bond acceptors (Lipinski definition) is 6. The molecule has 2 aliphatic heterocycles. The number of ether oxygens (including phenoxy) is 2. The topological polar surface area (TPSA) is 110 Å². The Morgan fingerprint density at radius 2 is 1.94 bits per heavy atom. The van der Waals surface area contributed by atoms with Gasteiger partial charge in [0.05, 0.1) is 24.7 Å². The van der Waals surface area contributed by atoms with Gasteiger partial charge >= 0.3 is 0 Å². The van der Waals surface area contributed by atoms with Gasteiger partial charge in [-0.25, -0.2) is 0 Å². The Kier molecular flexibility index (Phi) is 7.25. The quantitative estimate of drug-likeness (QED) is 0.451. The predicted molar refractivity (Wildman–Crippen MR) is 134 cm³/mol. The second-order valence-electron chi connectivity index (χ2n) is 9.14. The van der Waals surface area contributed by atoms with Gasteiger partial charge in [0.1, 0.15) is 18.0 Å². The van der Waals surface area contributed by atoms with Gasteiger partial charge < -0.3 is 25.2 Å². The fourth-order valence-electron chi connectivity index (χ4n) is 4.94. The lowest BCUT2D eigenvalue weighted by Crippen LogP contribution is -2.47. The summed E-state index contributed by atoms with van der Waals surface area (Å²) in [6.45, 7) is 0.350. The van der Waals surface area contributed by atoms with Crippen LogP contribution in [-0.4, -0.2) is 53.4 Å². The Bertz CT molecular complexity index is 1200. The van der Waals surface area contributed by atoms with Crippen LogP contribution in [0.25, 0.3) is 0 Å². The number of fused-ring (bicyclic) bond motifs is 3. The highest BCUT2D eigenvalue weighted by atomic mass is 16.6. The van der Waals surface area contributed by atoms with Gasteiger partial charge in [0.25, 0.3) is 5.91 Å². The predicted octanol–water partition coefficient (Wildman–Crippen LogP) is 3.08. The molecule has 0 spiro atoms. The van der Waals surface area contributed by atoms with Gasteiger partial charge in [-0.15, -0.1) is 0 Å². The SMILES string of the molecule is O=C(C[C@@H]1C[C@H]2c3cc(NC(=O)c4cccnc4)ccc3O[C@H]2[C@@H](CO)O1)NCCc1ccccc1. The molecular formula is C28H29N3O5. The van der Waals surface area contributed by atoms with Gasteiger partial charge in [0.2, 0.25) is 5.91 Å². The van der Waals surface area contributed by atoms with Gasteiger partial charge in [0.15, 0.2) is 0 Å². The molecule has 5 rings (SSSR count). The third kappa shape index (κ3) is 5.40. The Labute approximate surface area is 209 Å². The third-order valence-corrected chi connectivity index (χ3v) is 6.67. The molecule has 0 unspecified atom stereocenters. The number of nitrogens with one attached hydrogen (secondary N) is 2. The highest BCUT2D eigenvalue weighted by molar-refractivity contribution is 6.04. The first-order valence-corrected chi connectivity index (χ1v) is 12.2. The number of aromatic nitrogens is 1. The van der Waals surface area contributed by atoms with E-state index in [-0.39, 0.29) is 43.0 Å². The molecule has 2 aromatic carbocycles. The summed E-state index contributed by atoms with van der Waals surface area (Å²) < 4.78 is 12.2. The van der Waals surface area contributed by atoms with Gasteiger partial charge in [-0.05, 0) is 48.7 Å². The number of aliphatic hydroxyl groups excluding tert-OH is 1. The maximum absolute atomic E-state index is 12.6. The van der Waals surface area contributed by atoms with Crippen LogP contribution in [0.2, 0.25) is 0 Å². The Balaban J connectivity index is 1.23. The van der Waals surface area contributed by atoms with Crippen molar-refractivity contribution in [3.05, 3.63) is 89.7 Å². The number of amides is 2. The average Bonchev–Trinajstić information content (AvgIpc) is 3.27. The fraction of sp³-hybridized carbons (Fsp3) is 0.321. The van der Waals surface area contributed by atoms with E-state index in [9.17, 15) is 14.7 Å². The molecule has 0 aliphatic carbocycles. The standard InChI is InChI=1S/C28H29N3O5/c32-17-25-27-23(14-21(35-25)15-26(33)30-12-10-18-5-2-1-3-6-18)22-13-20(8-9-24(22)36-27)31-28(34)19-7-4-11-29-16-19/h1-9,11,13,16,21,23,25,27,32H,10,12,14-15,17H2,(H,30,33)(H,31,34)/t21-,23-,25+,27+/m0/s1. The van der Waals surface area contributed by atoms with Gasteiger partial charge in [-0.1, -0.05) is 30.3 Å². The molecule has 1 aromatic heterocycles. The molecule has 3 aromatic rings. The summed E-state index contributed by atoms with van der Waals surface area (Å²) in [5.74, 6) is 0.328. The number of aliphatic hydroxyl groups is 1. The summed E-state index contributed by atoms with van der Waals surface area (Å²) in [6, 6.07) is 18.9. The van der Waals surface area contributed by atoms with Crippen molar-refractivity contribution >= 4 is 17.5 Å². The number of carbonyl (C=O) groups is 2. The molecule has 8 heteroatoms. The third-order valence-electron chi connectivity index (χ3n) is 6.67. The van der Waals surface area contributed by atoms with Crippen LogP contribution in [0.15, 0.2) is 73.1 Å². The first kappa shape index (κ1) is 24.0. The second-order valence-corrected chi connectivity index (χ2v) is 9.14. The Hall–Kier alpha value is -3.75. The zero-order valence-electron chi connectivity index (χ0n) is 19.8. The second kappa shape index (κ2) is 10.9. The Morgan fingerprint density at radius 3 is 2.72 bits per heavy atom. The van der Waals surface area contributed by atoms with Crippen LogP contribution < -0.4 is 15.4 Å². The molecule has 0 radical (unpaired) electrons. The minimum atomic E-state index is -0.535. The number of rotatable bonds is 8. The van der Waals surface area contributed by atoms with Crippen LogP contribution in [-0.2, 0) is 16.0 Å². The lowest BCUT2D eigenvalue weighted by atomic mass is 9.84. The molecule has 8 nitrogen and oxygen atoms in total. The van der Waals surface area contributed by atoms with E-state index in [4.69, 9.17) is 9.47 Å². The van der Waals surface area contributed by atoms with Gasteiger partial charge in [-0.2, -0.15) is 0 Å². The molecular weight excluding hydrogens is 458 g/mol. The van der Waals surface area contributed by atoms with Crippen LogP contribution in [0.3, 0.4) is 0 Å². The Morgan fingerprint density at radius 1 is 1.08 bits per heavy atom. The maximum Gasteiger partial charge on any atom is 0.257 e. The molecule has 0 bridgehead atoms. The first-order chi connectivity index (χ1) is 17.6. The minimum Gasteiger partial charge on any atom is -0.487 e. The normalized spacial score (nSPS) is 22.1. The number of benzene rings is 2. The summed E-state index contributed by atoms with van der Waals surface area (Å²) in [5, 5.41) is 15.8. The molecule has 4 atom stereocenters. The van der Waals surface area contributed by atoms with Crippen molar-refractivity contribution in [2.24, 2.45) is 0 Å². The molecule has 2 amide bonds. The van der Waals surface area contributed by atoms with Crippen molar-refractivity contribution in [3.63, 3.8) is 0 Å². The monoisotopic (exact) mass is 487 g/mol. The average molecular weight is 488 g/mol. The number of carbonyl (C=O) groups excluding carboxylic acids is 2. The summed E-state index contributed by atoms with van der Waals surface area (Å²) in [5.41, 5.74) is 3.23. The lowest BCUT2D eigenvalue weighted by Gasteiger charge is -2.37. The first-order valence-electron chi connectivity index (χ1n) is 12.2. The number of pyridine rings is 1. The number of nitrogens with zero attached hydrogens (tertiary/aromatic N) is 1. The van der Waals surface area contributed by atoms with Crippen molar-refractivity contribution in [2.75, 3.05) is 18.5 Å². The summed E-state index contributed by atoms with van der Waals surface area (Å²) in [7, 11) is 0. The molecule has 3 heterocycles. The van der Waals surface area contributed by atoms with Crippen molar-refractivity contribution in [1.82, 2.24) is 10.3 Å². The van der Waals surface area contributed by atoms with Crippen LogP contribution in [0.5, 0.6) is 5.75 Å². The van der Waals surface area contributed by atoms with E-state index in [0.717, 1.165) is 12.0 Å². The van der Waals surface area contributed by atoms with Crippen LogP contribution in [0.1, 0.15) is 40.2 Å². The number of anilines is 1. The zero-order valence-corrected chi connectivity index (χ0v) is 19.8. The smallest absolute Gasteiger partial charge is 0.257 e. The highest BCUT2D eigenvalue weighted by Gasteiger charge is 2.46. The molecule has 2 aliphatic rings. The van der Waals surface area contributed by atoms with E-state index in [1.165, 1.54) is 11.8 Å². The van der Waals surface area contributed by atoms with Crippen LogP contribution in [0.4, 0.5) is 5.69 Å². The van der Waals surface area contributed by atoms with Crippen LogP contribution in [0, 0.1) is 0 Å². The fourth-order valence-corrected chi connectivity index (χ4v) is 4.94. The minimum absolute atomic E-state index is 0.0525. The molecule has 36 heavy (non-hydrogen) atoms. The molecule has 0 saturated carbocycles. The maximum atomic E-state index is 12.6. The van der Waals surface area contributed by atoms with Crippen molar-refractivity contribution in [3.8, 4) is 5.75 Å². The van der Waals surface area contributed by atoms with E-state index in [0.29, 0.717) is 30.0 Å². The van der Waals surface area contributed by atoms with E-state index in [2.05, 4.69) is 15.6 Å². The summed E-state index contributed by atoms with van der Waals surface area (Å²) in [6.07, 6.45) is 3.47. The zero-order chi connectivity index (χ0) is 24.9. The van der Waals surface area contributed by atoms with E-state index in [1.54, 1.807) is 24.4 Å². The van der Waals surface area contributed by atoms with E-state index < -0.39 is 6.10 Å². The van der Waals surface area contributed by atoms with Crippen molar-refractivity contribution in [2.45, 2.75) is 43.5 Å². The molecule has 1 fully saturated rings. The van der Waals surface area contributed by atoms with E-state index in [1.807, 2.05) is 42.5 Å². The summed E-state index contributed by atoms with van der Waals surface area (Å²) in [4.78, 5) is 29.2. The van der Waals surface area contributed by atoms with E-state index >= 15 is 0 Å². The molecule has 1 saturated heterocycles. The van der Waals surface area contributed by atoms with Crippen molar-refractivity contribution in [1.29, 1.82) is 0 Å². The van der Waals surface area contributed by atoms with Crippen LogP contribution >= 0.6 is 0 Å². The summed E-state index contributed by atoms with van der Waals surface area (Å²) >= 11 is 0. The molecule has 3 N–H and O–H groups in total. The number of hydrogen-bond donors (Lipinski definition) is 3. The van der Waals surface area contributed by atoms with Crippen molar-refractivity contribution < 1.29 is 24.2 Å². The largest absolute Gasteiger partial charge is 0.487 e.